The topological polar surface area (TPSA) is 132 Å². The van der Waals surface area contributed by atoms with Crippen molar-refractivity contribution in [1.29, 1.82) is 0 Å². The first-order valence-electron chi connectivity index (χ1n) is 11.1. The van der Waals surface area contributed by atoms with Crippen LogP contribution in [0.1, 0.15) is 28.3 Å². The van der Waals surface area contributed by atoms with Crippen LogP contribution in [0.2, 0.25) is 0 Å². The lowest BCUT2D eigenvalue weighted by molar-refractivity contribution is -0.153. The summed E-state index contributed by atoms with van der Waals surface area (Å²) < 4.78 is 22.9. The third kappa shape index (κ3) is 5.45. The molecular weight excluding hydrogens is 488 g/mol. The summed E-state index contributed by atoms with van der Waals surface area (Å²) >= 11 is 1.25. The minimum Gasteiger partial charge on any atom is -0.459 e. The molecule has 4 rings (SSSR count). The standard InChI is InChI=1S/C24H26N4O7S/c1-13(29)34-19-18(32-4)16(10-33-23(31)14-8-6-5-7-9-14)35-20(19)21-17-15(11-36-21)22(30)27-24(26-17)25-12-28(2)3/h5-9,11-12,16,18-20H,10H2,1-4H3,(H,26,27,30)/t16-,18-,19-,20-/m1/s1. The van der Waals surface area contributed by atoms with Crippen molar-refractivity contribution in [2.24, 2.45) is 4.99 Å². The van der Waals surface area contributed by atoms with Crippen LogP contribution in [0, 0.1) is 0 Å². The monoisotopic (exact) mass is 514 g/mol. The van der Waals surface area contributed by atoms with Gasteiger partial charge in [0.1, 0.15) is 24.9 Å². The molecule has 0 saturated carbocycles. The Bertz CT molecular complexity index is 1320. The molecule has 0 aliphatic carbocycles. The molecule has 1 N–H and O–H groups in total. The van der Waals surface area contributed by atoms with Gasteiger partial charge in [0.2, 0.25) is 5.95 Å². The van der Waals surface area contributed by atoms with Crippen molar-refractivity contribution in [1.82, 2.24) is 14.9 Å². The summed E-state index contributed by atoms with van der Waals surface area (Å²) in [7, 11) is 5.05. The molecule has 3 aromatic rings. The normalized spacial score (nSPS) is 21.7. The van der Waals surface area contributed by atoms with Gasteiger partial charge < -0.3 is 23.8 Å². The molecule has 1 aliphatic heterocycles. The number of hydrogen-bond acceptors (Lipinski definition) is 10. The van der Waals surface area contributed by atoms with Crippen molar-refractivity contribution in [3.63, 3.8) is 0 Å². The van der Waals surface area contributed by atoms with Crippen LogP contribution in [-0.2, 0) is 23.7 Å². The van der Waals surface area contributed by atoms with Crippen molar-refractivity contribution in [2.75, 3.05) is 27.8 Å². The van der Waals surface area contributed by atoms with Gasteiger partial charge in [-0.1, -0.05) is 18.2 Å². The molecule has 1 saturated heterocycles. The van der Waals surface area contributed by atoms with E-state index >= 15 is 0 Å². The zero-order chi connectivity index (χ0) is 25.8. The zero-order valence-corrected chi connectivity index (χ0v) is 21.0. The molecule has 36 heavy (non-hydrogen) atoms. The number of rotatable bonds is 8. The SMILES string of the molecule is CO[C@H]1[C@@H](OC(C)=O)[C@H](c2scc3c(=O)[nH]c(N=CN(C)C)nc23)O[C@@H]1COC(=O)c1ccccc1. The van der Waals surface area contributed by atoms with Crippen LogP contribution < -0.4 is 5.56 Å². The molecule has 0 unspecified atom stereocenters. The van der Waals surface area contributed by atoms with E-state index in [-0.39, 0.29) is 18.1 Å². The number of aliphatic imine (C=N–C) groups is 1. The minimum atomic E-state index is -0.857. The van der Waals surface area contributed by atoms with E-state index in [1.165, 1.54) is 31.7 Å². The summed E-state index contributed by atoms with van der Waals surface area (Å²) in [4.78, 5) is 50.6. The van der Waals surface area contributed by atoms with Crippen molar-refractivity contribution in [3.05, 3.63) is 56.5 Å². The van der Waals surface area contributed by atoms with Gasteiger partial charge in [-0.25, -0.2) is 14.8 Å². The molecule has 0 amide bonds. The highest BCUT2D eigenvalue weighted by molar-refractivity contribution is 7.11. The minimum absolute atomic E-state index is 0.125. The molecular formula is C24H26N4O7S. The van der Waals surface area contributed by atoms with E-state index in [9.17, 15) is 14.4 Å². The molecule has 3 heterocycles. The second-order valence-corrected chi connectivity index (χ2v) is 9.21. The highest BCUT2D eigenvalue weighted by Crippen LogP contribution is 2.42. The summed E-state index contributed by atoms with van der Waals surface area (Å²) in [5.74, 6) is -0.917. The number of carbonyl (C=O) groups is 2. The lowest BCUT2D eigenvalue weighted by atomic mass is 10.1. The largest absolute Gasteiger partial charge is 0.459 e. The second kappa shape index (κ2) is 11.0. The van der Waals surface area contributed by atoms with Gasteiger partial charge in [0.25, 0.3) is 5.56 Å². The maximum absolute atomic E-state index is 12.6. The van der Waals surface area contributed by atoms with Crippen molar-refractivity contribution < 1.29 is 28.5 Å². The highest BCUT2D eigenvalue weighted by Gasteiger charge is 2.49. The Labute approximate surface area is 210 Å². The fraction of sp³-hybridized carbons (Fsp3) is 0.375. The summed E-state index contributed by atoms with van der Waals surface area (Å²) in [6, 6.07) is 8.57. The number of hydrogen-bond donors (Lipinski definition) is 1. The lowest BCUT2D eigenvalue weighted by Gasteiger charge is -2.22. The number of H-pyrrole nitrogens is 1. The van der Waals surface area contributed by atoms with E-state index in [1.807, 2.05) is 0 Å². The maximum atomic E-state index is 12.6. The number of methoxy groups -OCH3 is 1. The van der Waals surface area contributed by atoms with Crippen LogP contribution in [0.25, 0.3) is 10.9 Å². The number of fused-ring (bicyclic) bond motifs is 1. The molecule has 12 heteroatoms. The van der Waals surface area contributed by atoms with Gasteiger partial charge in [0, 0.05) is 33.5 Å². The van der Waals surface area contributed by atoms with E-state index in [2.05, 4.69) is 15.0 Å². The summed E-state index contributed by atoms with van der Waals surface area (Å²) in [6.07, 6.45) is -1.61. The Morgan fingerprint density at radius 1 is 1.25 bits per heavy atom. The third-order valence-corrected chi connectivity index (χ3v) is 6.45. The number of ether oxygens (including phenoxy) is 4. The predicted octanol–water partition coefficient (Wildman–Crippen LogP) is 2.45. The lowest BCUT2D eigenvalue weighted by Crippen LogP contribution is -2.38. The fourth-order valence-corrected chi connectivity index (χ4v) is 4.93. The second-order valence-electron chi connectivity index (χ2n) is 8.29. The number of carbonyl (C=O) groups excluding carboxylic acids is 2. The number of aromatic nitrogens is 2. The number of thiophene rings is 1. The Morgan fingerprint density at radius 2 is 2.00 bits per heavy atom. The quantitative estimate of drug-likeness (QED) is 0.273. The van der Waals surface area contributed by atoms with Gasteiger partial charge in [-0.15, -0.1) is 11.3 Å². The molecule has 1 aliphatic rings. The predicted molar refractivity (Wildman–Crippen MR) is 133 cm³/mol. The van der Waals surface area contributed by atoms with Gasteiger partial charge in [-0.05, 0) is 12.1 Å². The zero-order valence-electron chi connectivity index (χ0n) is 20.2. The Morgan fingerprint density at radius 3 is 2.67 bits per heavy atom. The van der Waals surface area contributed by atoms with Gasteiger partial charge in [-0.2, -0.15) is 0 Å². The van der Waals surface area contributed by atoms with Gasteiger partial charge in [0.05, 0.1) is 27.7 Å². The maximum Gasteiger partial charge on any atom is 0.338 e. The van der Waals surface area contributed by atoms with Crippen molar-refractivity contribution in [2.45, 2.75) is 31.3 Å². The fourth-order valence-electron chi connectivity index (χ4n) is 3.87. The number of benzene rings is 1. The Balaban J connectivity index is 1.65. The van der Waals surface area contributed by atoms with Crippen LogP contribution in [-0.4, -0.2) is 79.3 Å². The molecule has 0 bridgehead atoms. The van der Waals surface area contributed by atoms with Crippen LogP contribution in [0.5, 0.6) is 0 Å². The first-order valence-corrected chi connectivity index (χ1v) is 12.0. The number of aromatic amines is 1. The molecule has 190 valence electrons. The van der Waals surface area contributed by atoms with E-state index in [1.54, 1.807) is 54.7 Å². The molecule has 0 radical (unpaired) electrons. The third-order valence-electron chi connectivity index (χ3n) is 5.42. The highest BCUT2D eigenvalue weighted by atomic mass is 32.1. The summed E-state index contributed by atoms with van der Waals surface area (Å²) in [5.41, 5.74) is 0.427. The molecule has 1 aromatic carbocycles. The van der Waals surface area contributed by atoms with Crippen LogP contribution in [0.3, 0.4) is 0 Å². The van der Waals surface area contributed by atoms with Crippen molar-refractivity contribution >= 4 is 46.5 Å². The summed E-state index contributed by atoms with van der Waals surface area (Å²) in [6.45, 7) is 1.16. The number of esters is 2. The average Bonchev–Trinajstić information content (AvgIpc) is 3.42. The Kier molecular flexibility index (Phi) is 7.77. The van der Waals surface area contributed by atoms with Gasteiger partial charge in [-0.3, -0.25) is 14.6 Å². The van der Waals surface area contributed by atoms with Gasteiger partial charge in [0.15, 0.2) is 6.10 Å². The Hall–Kier alpha value is -3.61. The van der Waals surface area contributed by atoms with E-state index < -0.39 is 36.4 Å². The first kappa shape index (κ1) is 25.5. The molecule has 0 spiro atoms. The van der Waals surface area contributed by atoms with Crippen LogP contribution in [0.15, 0.2) is 45.5 Å². The van der Waals surface area contributed by atoms with Crippen molar-refractivity contribution in [3.8, 4) is 0 Å². The van der Waals surface area contributed by atoms with E-state index in [0.717, 1.165) is 0 Å². The number of nitrogens with one attached hydrogen (secondary N) is 1. The first-order chi connectivity index (χ1) is 17.3. The molecule has 4 atom stereocenters. The molecule has 11 nitrogen and oxygen atoms in total. The van der Waals surface area contributed by atoms with Crippen LogP contribution in [0.4, 0.5) is 5.95 Å². The van der Waals surface area contributed by atoms with Crippen LogP contribution >= 0.6 is 11.3 Å². The number of nitrogens with zero attached hydrogens (tertiary/aromatic N) is 3. The smallest absolute Gasteiger partial charge is 0.338 e. The van der Waals surface area contributed by atoms with E-state index in [0.29, 0.717) is 21.3 Å². The summed E-state index contributed by atoms with van der Waals surface area (Å²) in [5, 5.41) is 2.02. The molecule has 1 fully saturated rings. The average molecular weight is 515 g/mol. The van der Waals surface area contributed by atoms with Gasteiger partial charge >= 0.3 is 11.9 Å². The van der Waals surface area contributed by atoms with E-state index in [4.69, 9.17) is 18.9 Å². The molecule has 2 aromatic heterocycles.